The number of carbonyl (C=O) groups is 1. The van der Waals surface area contributed by atoms with E-state index < -0.39 is 0 Å². The maximum absolute atomic E-state index is 12.7. The first-order valence-electron chi connectivity index (χ1n) is 9.03. The Morgan fingerprint density at radius 2 is 2.04 bits per heavy atom. The average Bonchev–Trinajstić information content (AvgIpc) is 3.10. The summed E-state index contributed by atoms with van der Waals surface area (Å²) in [6, 6.07) is 15.6. The van der Waals surface area contributed by atoms with Crippen molar-refractivity contribution in [3.8, 4) is 5.75 Å². The van der Waals surface area contributed by atoms with Gasteiger partial charge in [0, 0.05) is 25.9 Å². The van der Waals surface area contributed by atoms with E-state index in [2.05, 4.69) is 35.4 Å². The minimum atomic E-state index is -0.329. The summed E-state index contributed by atoms with van der Waals surface area (Å²) in [5, 5.41) is 3.13. The van der Waals surface area contributed by atoms with Crippen molar-refractivity contribution in [1.82, 2.24) is 14.9 Å². The number of rotatable bonds is 7. The van der Waals surface area contributed by atoms with Gasteiger partial charge in [-0.25, -0.2) is 4.98 Å². The number of aryl methyl sites for hydroxylation is 3. The van der Waals surface area contributed by atoms with Gasteiger partial charge in [0.25, 0.3) is 0 Å². The molecule has 1 N–H and O–H groups in total. The summed E-state index contributed by atoms with van der Waals surface area (Å²) in [6.07, 6.45) is 4.75. The first kappa shape index (κ1) is 18.7. The van der Waals surface area contributed by atoms with Gasteiger partial charge in [-0.1, -0.05) is 42.0 Å². The lowest BCUT2D eigenvalue weighted by Gasteiger charge is -2.20. The Labute approximate surface area is 160 Å². The quantitative estimate of drug-likeness (QED) is 0.698. The van der Waals surface area contributed by atoms with Crippen LogP contribution >= 0.6 is 0 Å². The maximum atomic E-state index is 12.7. The summed E-state index contributed by atoms with van der Waals surface area (Å²) in [5.74, 6) is 1.53. The summed E-state index contributed by atoms with van der Waals surface area (Å²) < 4.78 is 7.26. The molecule has 0 bridgehead atoms. The number of benzene rings is 2. The first-order valence-corrected chi connectivity index (χ1v) is 9.03. The molecule has 1 aromatic heterocycles. The lowest BCUT2D eigenvalue weighted by atomic mass is 10.0. The van der Waals surface area contributed by atoms with Crippen LogP contribution in [0.5, 0.6) is 5.75 Å². The SMILES string of the molecule is COc1cccc(C(NC(=O)CCc2cccc(C)c2)c2nccn2C)c1. The van der Waals surface area contributed by atoms with E-state index in [1.54, 1.807) is 13.3 Å². The van der Waals surface area contributed by atoms with Crippen molar-refractivity contribution in [2.24, 2.45) is 7.05 Å². The zero-order valence-corrected chi connectivity index (χ0v) is 16.0. The highest BCUT2D eigenvalue weighted by Gasteiger charge is 2.21. The second kappa shape index (κ2) is 8.54. The Bertz CT molecular complexity index is 917. The second-order valence-electron chi connectivity index (χ2n) is 6.66. The molecule has 3 aromatic rings. The number of hydrogen-bond donors (Lipinski definition) is 1. The maximum Gasteiger partial charge on any atom is 0.221 e. The molecular weight excluding hydrogens is 338 g/mol. The smallest absolute Gasteiger partial charge is 0.221 e. The van der Waals surface area contributed by atoms with Crippen molar-refractivity contribution >= 4 is 5.91 Å². The van der Waals surface area contributed by atoms with Gasteiger partial charge in [0.1, 0.15) is 17.6 Å². The lowest BCUT2D eigenvalue weighted by Crippen LogP contribution is -2.31. The van der Waals surface area contributed by atoms with Crippen molar-refractivity contribution in [3.63, 3.8) is 0 Å². The molecule has 5 nitrogen and oxygen atoms in total. The third-order valence-electron chi connectivity index (χ3n) is 4.57. The molecule has 0 spiro atoms. The van der Waals surface area contributed by atoms with Crippen molar-refractivity contribution in [1.29, 1.82) is 0 Å². The number of hydrogen-bond acceptors (Lipinski definition) is 3. The molecule has 1 amide bonds. The predicted molar refractivity (Wildman–Crippen MR) is 106 cm³/mol. The Hall–Kier alpha value is -3.08. The van der Waals surface area contributed by atoms with Crippen LogP contribution in [0, 0.1) is 6.92 Å². The molecule has 1 heterocycles. The van der Waals surface area contributed by atoms with Crippen LogP contribution in [0.2, 0.25) is 0 Å². The third-order valence-corrected chi connectivity index (χ3v) is 4.57. The molecule has 0 aliphatic carbocycles. The predicted octanol–water partition coefficient (Wildman–Crippen LogP) is 3.58. The van der Waals surface area contributed by atoms with Crippen LogP contribution in [-0.2, 0) is 18.3 Å². The summed E-state index contributed by atoms with van der Waals surface area (Å²) in [5.41, 5.74) is 3.31. The normalized spacial score (nSPS) is 11.8. The van der Waals surface area contributed by atoms with Crippen LogP contribution in [-0.4, -0.2) is 22.6 Å². The van der Waals surface area contributed by atoms with E-state index >= 15 is 0 Å². The number of ether oxygens (including phenoxy) is 1. The highest BCUT2D eigenvalue weighted by atomic mass is 16.5. The van der Waals surface area contributed by atoms with E-state index in [9.17, 15) is 4.79 Å². The molecule has 0 aliphatic heterocycles. The van der Waals surface area contributed by atoms with Crippen LogP contribution in [0.1, 0.15) is 35.0 Å². The van der Waals surface area contributed by atoms with Gasteiger partial charge in [0.05, 0.1) is 7.11 Å². The average molecular weight is 363 g/mol. The Kier molecular flexibility index (Phi) is 5.91. The fourth-order valence-corrected chi connectivity index (χ4v) is 3.13. The van der Waals surface area contributed by atoms with Gasteiger partial charge in [-0.05, 0) is 36.6 Å². The number of methoxy groups -OCH3 is 1. The number of nitrogens with one attached hydrogen (secondary N) is 1. The zero-order valence-electron chi connectivity index (χ0n) is 16.0. The van der Waals surface area contributed by atoms with Crippen LogP contribution in [0.15, 0.2) is 60.9 Å². The highest BCUT2D eigenvalue weighted by molar-refractivity contribution is 5.77. The molecule has 0 radical (unpaired) electrons. The molecule has 3 rings (SSSR count). The molecule has 1 unspecified atom stereocenters. The van der Waals surface area contributed by atoms with E-state index in [0.29, 0.717) is 12.8 Å². The summed E-state index contributed by atoms with van der Waals surface area (Å²) >= 11 is 0. The standard InChI is InChI=1S/C22H25N3O2/c1-16-6-4-7-17(14-16)10-11-20(26)24-21(22-23-12-13-25(22)2)18-8-5-9-19(15-18)27-3/h4-9,12-15,21H,10-11H2,1-3H3,(H,24,26). The van der Waals surface area contributed by atoms with Crippen LogP contribution < -0.4 is 10.1 Å². The van der Waals surface area contributed by atoms with Crippen molar-refractivity contribution in [3.05, 3.63) is 83.4 Å². The van der Waals surface area contributed by atoms with Crippen molar-refractivity contribution < 1.29 is 9.53 Å². The molecule has 140 valence electrons. The monoisotopic (exact) mass is 363 g/mol. The number of imidazole rings is 1. The number of carbonyl (C=O) groups excluding carboxylic acids is 1. The molecule has 0 saturated carbocycles. The van der Waals surface area contributed by atoms with Gasteiger partial charge in [-0.2, -0.15) is 0 Å². The van der Waals surface area contributed by atoms with E-state index in [4.69, 9.17) is 4.74 Å². The van der Waals surface area contributed by atoms with Gasteiger partial charge >= 0.3 is 0 Å². The first-order chi connectivity index (χ1) is 13.1. The summed E-state index contributed by atoms with van der Waals surface area (Å²) in [4.78, 5) is 17.1. The topological polar surface area (TPSA) is 56.1 Å². The highest BCUT2D eigenvalue weighted by Crippen LogP contribution is 2.24. The molecule has 2 aromatic carbocycles. The third kappa shape index (κ3) is 4.76. The summed E-state index contributed by atoms with van der Waals surface area (Å²) in [7, 11) is 3.56. The van der Waals surface area contributed by atoms with E-state index in [-0.39, 0.29) is 11.9 Å². The molecule has 0 fully saturated rings. The van der Waals surface area contributed by atoms with Gasteiger partial charge in [-0.15, -0.1) is 0 Å². The van der Waals surface area contributed by atoms with Crippen LogP contribution in [0.3, 0.4) is 0 Å². The van der Waals surface area contributed by atoms with Crippen LogP contribution in [0.4, 0.5) is 0 Å². The molecule has 0 saturated heterocycles. The molecule has 5 heteroatoms. The molecule has 0 aliphatic rings. The number of aromatic nitrogens is 2. The Balaban J connectivity index is 1.77. The minimum Gasteiger partial charge on any atom is -0.497 e. The number of nitrogens with zero attached hydrogens (tertiary/aromatic N) is 2. The number of amides is 1. The van der Waals surface area contributed by atoms with E-state index in [1.165, 1.54) is 11.1 Å². The lowest BCUT2D eigenvalue weighted by molar-refractivity contribution is -0.121. The van der Waals surface area contributed by atoms with Crippen LogP contribution in [0.25, 0.3) is 0 Å². The largest absolute Gasteiger partial charge is 0.497 e. The second-order valence-corrected chi connectivity index (χ2v) is 6.66. The Morgan fingerprint density at radius 3 is 2.74 bits per heavy atom. The van der Waals surface area contributed by atoms with Crippen molar-refractivity contribution in [2.45, 2.75) is 25.8 Å². The Morgan fingerprint density at radius 1 is 1.22 bits per heavy atom. The molecule has 27 heavy (non-hydrogen) atoms. The molecule has 1 atom stereocenters. The fraction of sp³-hybridized carbons (Fsp3) is 0.273. The zero-order chi connectivity index (χ0) is 19.2. The summed E-state index contributed by atoms with van der Waals surface area (Å²) in [6.45, 7) is 2.06. The van der Waals surface area contributed by atoms with Gasteiger partial charge < -0.3 is 14.6 Å². The van der Waals surface area contributed by atoms with Gasteiger partial charge in [0.15, 0.2) is 0 Å². The van der Waals surface area contributed by atoms with E-state index in [0.717, 1.165) is 17.1 Å². The molecular formula is C22H25N3O2. The van der Waals surface area contributed by atoms with Gasteiger partial charge in [-0.3, -0.25) is 4.79 Å². The van der Waals surface area contributed by atoms with Crippen molar-refractivity contribution in [2.75, 3.05) is 7.11 Å². The fourth-order valence-electron chi connectivity index (χ4n) is 3.13. The minimum absolute atomic E-state index is 0.00711. The van der Waals surface area contributed by atoms with E-state index in [1.807, 2.05) is 48.1 Å². The van der Waals surface area contributed by atoms with Gasteiger partial charge in [0.2, 0.25) is 5.91 Å².